The molecule has 0 saturated heterocycles. The van der Waals surface area contributed by atoms with E-state index in [9.17, 15) is 0 Å². The zero-order chi connectivity index (χ0) is 19.2. The number of rotatable bonds is 6. The van der Waals surface area contributed by atoms with Crippen molar-refractivity contribution >= 4 is 23.2 Å². The van der Waals surface area contributed by atoms with E-state index in [1.165, 1.54) is 54.2 Å². The van der Waals surface area contributed by atoms with E-state index >= 15 is 0 Å². The molecule has 0 nitrogen and oxygen atoms in total. The molecule has 1 fully saturated rings. The molecule has 152 valence electrons. The van der Waals surface area contributed by atoms with E-state index in [2.05, 4.69) is 97.9 Å². The van der Waals surface area contributed by atoms with Crippen LogP contribution in [0.2, 0.25) is 0 Å². The van der Waals surface area contributed by atoms with Crippen molar-refractivity contribution in [1.29, 1.82) is 0 Å². The van der Waals surface area contributed by atoms with Crippen molar-refractivity contribution in [2.24, 2.45) is 11.8 Å². The third-order valence-corrected chi connectivity index (χ3v) is 11.3. The summed E-state index contributed by atoms with van der Waals surface area (Å²) >= 11 is 0. The highest BCUT2D eigenvalue weighted by atomic mass is 127. The van der Waals surface area contributed by atoms with Crippen molar-refractivity contribution in [2.75, 3.05) is 6.16 Å². The molecule has 0 bridgehead atoms. The van der Waals surface area contributed by atoms with E-state index in [0.29, 0.717) is 0 Å². The molecule has 0 aromatic heterocycles. The fourth-order valence-electron chi connectivity index (χ4n) is 5.02. The zero-order valence-corrected chi connectivity index (χ0v) is 20.4. The van der Waals surface area contributed by atoms with Gasteiger partial charge in [0, 0.05) is 0 Å². The number of hydrogen-bond donors (Lipinski definition) is 0. The van der Waals surface area contributed by atoms with E-state index in [-0.39, 0.29) is 24.0 Å². The molecule has 0 spiro atoms. The summed E-state index contributed by atoms with van der Waals surface area (Å²) in [5.74, 6) is 1.78. The van der Waals surface area contributed by atoms with Crippen molar-refractivity contribution in [1.82, 2.24) is 0 Å². The molecule has 1 saturated carbocycles. The van der Waals surface area contributed by atoms with Crippen LogP contribution >= 0.6 is 7.26 Å². The molecule has 0 N–H and O–H groups in total. The van der Waals surface area contributed by atoms with Crippen LogP contribution in [0, 0.1) is 11.8 Å². The van der Waals surface area contributed by atoms with Gasteiger partial charge in [-0.15, -0.1) is 0 Å². The van der Waals surface area contributed by atoms with Gasteiger partial charge in [-0.3, -0.25) is 0 Å². The maximum absolute atomic E-state index is 2.38. The molecule has 3 aromatic rings. The Morgan fingerprint density at radius 2 is 0.931 bits per heavy atom. The number of halogens is 1. The maximum atomic E-state index is 2.38. The molecule has 2 heteroatoms. The molecule has 0 heterocycles. The Morgan fingerprint density at radius 1 is 0.586 bits per heavy atom. The van der Waals surface area contributed by atoms with Gasteiger partial charge in [0.1, 0.15) is 23.2 Å². The van der Waals surface area contributed by atoms with Crippen molar-refractivity contribution in [3.05, 3.63) is 91.0 Å². The maximum Gasteiger partial charge on any atom is 0.112 e. The molecule has 1 aliphatic rings. The van der Waals surface area contributed by atoms with Crippen molar-refractivity contribution in [3.63, 3.8) is 0 Å². The second-order valence-corrected chi connectivity index (χ2v) is 11.8. The van der Waals surface area contributed by atoms with Crippen LogP contribution in [-0.4, -0.2) is 6.16 Å². The molecule has 1 aliphatic carbocycles. The Labute approximate surface area is 194 Å². The van der Waals surface area contributed by atoms with Crippen LogP contribution in [0.25, 0.3) is 0 Å². The van der Waals surface area contributed by atoms with Crippen molar-refractivity contribution < 1.29 is 24.0 Å². The molecule has 29 heavy (non-hydrogen) atoms. The molecule has 0 atom stereocenters. The average Bonchev–Trinajstić information content (AvgIpc) is 2.80. The standard InChI is InChI=1S/C27H32P.HI/c1-2-23-18-20-24(21-19-23)22-28(25-12-6-3-7-13-25,26-14-8-4-9-15-26)27-16-10-5-11-17-27;/h3-17,23-24H,2,18-22H2,1H3;1H/q+1;/p-1/t23-,24-;. The lowest BCUT2D eigenvalue weighted by Gasteiger charge is -2.34. The first-order valence-corrected chi connectivity index (χ1v) is 12.8. The van der Waals surface area contributed by atoms with Gasteiger partial charge < -0.3 is 24.0 Å². The lowest BCUT2D eigenvalue weighted by Crippen LogP contribution is -3.00. The van der Waals surface area contributed by atoms with E-state index in [4.69, 9.17) is 0 Å². The lowest BCUT2D eigenvalue weighted by atomic mass is 9.82. The zero-order valence-electron chi connectivity index (χ0n) is 17.4. The molecule has 0 amide bonds. The predicted molar refractivity (Wildman–Crippen MR) is 126 cm³/mol. The number of hydrogen-bond acceptors (Lipinski definition) is 0. The minimum absolute atomic E-state index is 0. The highest BCUT2D eigenvalue weighted by Gasteiger charge is 2.47. The summed E-state index contributed by atoms with van der Waals surface area (Å²) in [4.78, 5) is 0. The van der Waals surface area contributed by atoms with Gasteiger partial charge in [0.05, 0.1) is 6.16 Å². The van der Waals surface area contributed by atoms with E-state index in [1.807, 2.05) is 0 Å². The minimum atomic E-state index is -1.65. The fraction of sp³-hybridized carbons (Fsp3) is 0.333. The Morgan fingerprint density at radius 3 is 1.28 bits per heavy atom. The molecule has 0 aliphatic heterocycles. The van der Waals surface area contributed by atoms with Crippen LogP contribution in [0.4, 0.5) is 0 Å². The van der Waals surface area contributed by atoms with Crippen LogP contribution in [0.3, 0.4) is 0 Å². The van der Waals surface area contributed by atoms with E-state index in [1.54, 1.807) is 0 Å². The first-order chi connectivity index (χ1) is 13.8. The smallest absolute Gasteiger partial charge is 0.112 e. The van der Waals surface area contributed by atoms with Crippen molar-refractivity contribution in [3.8, 4) is 0 Å². The summed E-state index contributed by atoms with van der Waals surface area (Å²) in [6.07, 6.45) is 8.28. The average molecular weight is 514 g/mol. The van der Waals surface area contributed by atoms with Crippen LogP contribution in [-0.2, 0) is 0 Å². The van der Waals surface area contributed by atoms with E-state index < -0.39 is 7.26 Å². The fourth-order valence-corrected chi connectivity index (χ4v) is 9.73. The highest BCUT2D eigenvalue weighted by molar-refractivity contribution is 7.95. The van der Waals surface area contributed by atoms with Gasteiger partial charge in [-0.25, -0.2) is 0 Å². The normalized spacial score (nSPS) is 19.3. The van der Waals surface area contributed by atoms with Crippen molar-refractivity contribution in [2.45, 2.75) is 39.0 Å². The summed E-state index contributed by atoms with van der Waals surface area (Å²) in [5, 5.41) is 4.60. The summed E-state index contributed by atoms with van der Waals surface area (Å²) in [5.41, 5.74) is 0. The summed E-state index contributed by atoms with van der Waals surface area (Å²) < 4.78 is 0. The van der Waals surface area contributed by atoms with Crippen LogP contribution in [0.5, 0.6) is 0 Å². The minimum Gasteiger partial charge on any atom is -1.00 e. The molecule has 0 radical (unpaired) electrons. The van der Waals surface area contributed by atoms with Crippen LogP contribution in [0.1, 0.15) is 39.0 Å². The first kappa shape index (κ1) is 22.5. The highest BCUT2D eigenvalue weighted by Crippen LogP contribution is 2.58. The van der Waals surface area contributed by atoms with Gasteiger partial charge in [-0.1, -0.05) is 80.8 Å². The van der Waals surface area contributed by atoms with Gasteiger partial charge >= 0.3 is 0 Å². The monoisotopic (exact) mass is 514 g/mol. The summed E-state index contributed by atoms with van der Waals surface area (Å²) in [6, 6.07) is 34.1. The Hall–Kier alpha value is -1.18. The molecular formula is C27H32IP. The summed E-state index contributed by atoms with van der Waals surface area (Å²) in [7, 11) is -1.65. The largest absolute Gasteiger partial charge is 1.00 e. The Kier molecular flexibility index (Phi) is 8.33. The third kappa shape index (κ3) is 4.94. The molecule has 4 rings (SSSR count). The van der Waals surface area contributed by atoms with Gasteiger partial charge in [0.2, 0.25) is 0 Å². The predicted octanol–water partition coefficient (Wildman–Crippen LogP) is 3.20. The van der Waals surface area contributed by atoms with Gasteiger partial charge in [0.15, 0.2) is 0 Å². The molecule has 0 unspecified atom stereocenters. The Balaban J connectivity index is 0.00000240. The quantitative estimate of drug-likeness (QED) is 0.350. The lowest BCUT2D eigenvalue weighted by molar-refractivity contribution is -0.00000562. The first-order valence-electron chi connectivity index (χ1n) is 10.9. The van der Waals surface area contributed by atoms with Crippen LogP contribution < -0.4 is 39.9 Å². The molecule has 3 aromatic carbocycles. The van der Waals surface area contributed by atoms with Gasteiger partial charge in [-0.05, 0) is 61.1 Å². The van der Waals surface area contributed by atoms with Gasteiger partial charge in [0.25, 0.3) is 0 Å². The number of benzene rings is 3. The summed E-state index contributed by atoms with van der Waals surface area (Å²) in [6.45, 7) is 2.36. The Bertz CT molecular complexity index is 743. The SMILES string of the molecule is CC[C@H]1CC[C@H](C[P+](c2ccccc2)(c2ccccc2)c2ccccc2)CC1.[I-]. The van der Waals surface area contributed by atoms with E-state index in [0.717, 1.165) is 11.8 Å². The topological polar surface area (TPSA) is 0 Å². The molecular weight excluding hydrogens is 482 g/mol. The second kappa shape index (κ2) is 10.7. The van der Waals surface area contributed by atoms with Crippen LogP contribution in [0.15, 0.2) is 91.0 Å². The second-order valence-electron chi connectivity index (χ2n) is 8.29. The third-order valence-electron chi connectivity index (χ3n) is 6.67. The van der Waals surface area contributed by atoms with Gasteiger partial charge in [-0.2, -0.15) is 0 Å².